The van der Waals surface area contributed by atoms with E-state index in [0.29, 0.717) is 10.6 Å². The van der Waals surface area contributed by atoms with E-state index < -0.39 is 16.8 Å². The summed E-state index contributed by atoms with van der Waals surface area (Å²) in [7, 11) is 0. The van der Waals surface area contributed by atoms with Crippen LogP contribution in [0.25, 0.3) is 0 Å². The standard InChI is InChI=1S/C21H12BrCl2N3O5/c22-14-3-1-12(2-4-14)20(28)26-25-11-13-9-16(27(30)31)6-8-19(13)32-21(29)17-7-5-15(23)10-18(17)24/h1-11H,(H,26,28)/b25-11+. The number of nitro groups is 1. The normalized spacial score (nSPS) is 10.7. The fourth-order valence-corrected chi connectivity index (χ4v) is 3.23. The highest BCUT2D eigenvalue weighted by atomic mass is 79.9. The van der Waals surface area contributed by atoms with Crippen molar-refractivity contribution in [3.05, 3.63) is 102 Å². The van der Waals surface area contributed by atoms with E-state index in [1.165, 1.54) is 30.3 Å². The molecule has 0 aliphatic rings. The number of amides is 1. The molecule has 0 fully saturated rings. The highest BCUT2D eigenvalue weighted by Gasteiger charge is 2.17. The molecule has 32 heavy (non-hydrogen) atoms. The van der Waals surface area contributed by atoms with E-state index in [9.17, 15) is 19.7 Å². The first-order valence-corrected chi connectivity index (χ1v) is 10.3. The molecule has 0 radical (unpaired) electrons. The van der Waals surface area contributed by atoms with Crippen molar-refractivity contribution in [1.29, 1.82) is 0 Å². The highest BCUT2D eigenvalue weighted by molar-refractivity contribution is 9.10. The summed E-state index contributed by atoms with van der Waals surface area (Å²) in [4.78, 5) is 35.2. The van der Waals surface area contributed by atoms with Gasteiger partial charge in [-0.25, -0.2) is 10.2 Å². The Morgan fingerprint density at radius 3 is 2.44 bits per heavy atom. The molecule has 1 N–H and O–H groups in total. The molecule has 0 unspecified atom stereocenters. The van der Waals surface area contributed by atoms with Gasteiger partial charge in [-0.1, -0.05) is 39.1 Å². The van der Waals surface area contributed by atoms with Crippen molar-refractivity contribution in [3.63, 3.8) is 0 Å². The monoisotopic (exact) mass is 535 g/mol. The number of hydrogen-bond acceptors (Lipinski definition) is 6. The maximum Gasteiger partial charge on any atom is 0.345 e. The molecule has 0 saturated heterocycles. The number of non-ortho nitro benzene ring substituents is 1. The van der Waals surface area contributed by atoms with E-state index in [2.05, 4.69) is 26.5 Å². The molecular weight excluding hydrogens is 525 g/mol. The number of hydrogen-bond donors (Lipinski definition) is 1. The number of ether oxygens (including phenoxy) is 1. The van der Waals surface area contributed by atoms with E-state index >= 15 is 0 Å². The summed E-state index contributed by atoms with van der Waals surface area (Å²) >= 11 is 15.1. The fraction of sp³-hybridized carbons (Fsp3) is 0. The smallest absolute Gasteiger partial charge is 0.345 e. The molecule has 3 aromatic carbocycles. The summed E-state index contributed by atoms with van der Waals surface area (Å²) in [6, 6.07) is 14.4. The summed E-state index contributed by atoms with van der Waals surface area (Å²) in [6.07, 6.45) is 1.13. The number of nitrogens with zero attached hydrogens (tertiary/aromatic N) is 2. The molecule has 0 aromatic heterocycles. The van der Waals surface area contributed by atoms with Crippen LogP contribution in [0.2, 0.25) is 10.0 Å². The lowest BCUT2D eigenvalue weighted by molar-refractivity contribution is -0.384. The molecule has 1 amide bonds. The van der Waals surface area contributed by atoms with Crippen molar-refractivity contribution in [2.45, 2.75) is 0 Å². The summed E-state index contributed by atoms with van der Waals surface area (Å²) in [5, 5.41) is 15.4. The van der Waals surface area contributed by atoms with Crippen LogP contribution in [0.5, 0.6) is 5.75 Å². The Labute approximate surface area is 200 Å². The van der Waals surface area contributed by atoms with Gasteiger partial charge < -0.3 is 4.74 Å². The Morgan fingerprint density at radius 1 is 1.06 bits per heavy atom. The fourth-order valence-electron chi connectivity index (χ4n) is 2.48. The van der Waals surface area contributed by atoms with Gasteiger partial charge in [0.25, 0.3) is 11.6 Å². The van der Waals surface area contributed by atoms with Crippen molar-refractivity contribution in [2.75, 3.05) is 0 Å². The molecule has 3 rings (SSSR count). The summed E-state index contributed by atoms with van der Waals surface area (Å²) in [6.45, 7) is 0. The van der Waals surface area contributed by atoms with Gasteiger partial charge >= 0.3 is 5.97 Å². The van der Waals surface area contributed by atoms with Gasteiger partial charge in [-0.15, -0.1) is 0 Å². The first-order valence-electron chi connectivity index (χ1n) is 8.79. The number of esters is 1. The van der Waals surface area contributed by atoms with E-state index in [0.717, 1.165) is 16.8 Å². The Bertz CT molecular complexity index is 1230. The number of carbonyl (C=O) groups is 2. The van der Waals surface area contributed by atoms with Crippen LogP contribution in [0, 0.1) is 10.1 Å². The van der Waals surface area contributed by atoms with Gasteiger partial charge in [-0.3, -0.25) is 14.9 Å². The predicted molar refractivity (Wildman–Crippen MR) is 124 cm³/mol. The zero-order valence-electron chi connectivity index (χ0n) is 15.9. The molecule has 0 aliphatic heterocycles. The number of carbonyl (C=O) groups excluding carboxylic acids is 2. The third-order valence-electron chi connectivity index (χ3n) is 4.03. The predicted octanol–water partition coefficient (Wildman–Crippen LogP) is 5.65. The lowest BCUT2D eigenvalue weighted by Gasteiger charge is -2.09. The lowest BCUT2D eigenvalue weighted by atomic mass is 10.2. The van der Waals surface area contributed by atoms with Crippen LogP contribution in [0.15, 0.2) is 70.2 Å². The van der Waals surface area contributed by atoms with Crippen LogP contribution >= 0.6 is 39.1 Å². The van der Waals surface area contributed by atoms with Crippen molar-refractivity contribution >= 4 is 62.9 Å². The van der Waals surface area contributed by atoms with E-state index in [1.807, 2.05) is 0 Å². The molecule has 0 heterocycles. The molecule has 3 aromatic rings. The number of benzene rings is 3. The average Bonchev–Trinajstić information content (AvgIpc) is 2.74. The van der Waals surface area contributed by atoms with Gasteiger partial charge in [0.05, 0.1) is 21.7 Å². The maximum atomic E-state index is 12.5. The third kappa shape index (κ3) is 5.91. The zero-order chi connectivity index (χ0) is 23.3. The topological polar surface area (TPSA) is 111 Å². The number of rotatable bonds is 6. The van der Waals surface area contributed by atoms with Crippen LogP contribution in [-0.2, 0) is 0 Å². The third-order valence-corrected chi connectivity index (χ3v) is 5.11. The van der Waals surface area contributed by atoms with Crippen LogP contribution in [0.3, 0.4) is 0 Å². The summed E-state index contributed by atoms with van der Waals surface area (Å²) in [5.74, 6) is -1.31. The van der Waals surface area contributed by atoms with Crippen LogP contribution < -0.4 is 10.2 Å². The van der Waals surface area contributed by atoms with E-state index in [4.69, 9.17) is 27.9 Å². The van der Waals surface area contributed by atoms with Gasteiger partial charge in [0.1, 0.15) is 5.75 Å². The van der Waals surface area contributed by atoms with Gasteiger partial charge in [-0.2, -0.15) is 5.10 Å². The Morgan fingerprint density at radius 2 is 1.78 bits per heavy atom. The van der Waals surface area contributed by atoms with Crippen LogP contribution in [0.4, 0.5) is 5.69 Å². The minimum Gasteiger partial charge on any atom is -0.422 e. The van der Waals surface area contributed by atoms with Gasteiger partial charge in [-0.05, 0) is 48.5 Å². The molecule has 162 valence electrons. The van der Waals surface area contributed by atoms with Gasteiger partial charge in [0, 0.05) is 32.8 Å². The molecule has 8 nitrogen and oxygen atoms in total. The van der Waals surface area contributed by atoms with Crippen molar-refractivity contribution in [3.8, 4) is 5.75 Å². The zero-order valence-corrected chi connectivity index (χ0v) is 19.0. The number of hydrazone groups is 1. The molecule has 0 saturated carbocycles. The molecule has 0 bridgehead atoms. The summed E-state index contributed by atoms with van der Waals surface area (Å²) < 4.78 is 6.15. The van der Waals surface area contributed by atoms with Crippen LogP contribution in [-0.4, -0.2) is 23.0 Å². The minimum absolute atomic E-state index is 0.0201. The largest absolute Gasteiger partial charge is 0.422 e. The molecule has 0 spiro atoms. The number of halogens is 3. The van der Waals surface area contributed by atoms with Gasteiger partial charge in [0.15, 0.2) is 0 Å². The molecular formula is C21H12BrCl2N3O5. The van der Waals surface area contributed by atoms with Crippen LogP contribution in [0.1, 0.15) is 26.3 Å². The van der Waals surface area contributed by atoms with Gasteiger partial charge in [0.2, 0.25) is 0 Å². The maximum absolute atomic E-state index is 12.5. The van der Waals surface area contributed by atoms with Crippen molar-refractivity contribution < 1.29 is 19.2 Å². The Kier molecular flexibility index (Phi) is 7.57. The van der Waals surface area contributed by atoms with Crippen molar-refractivity contribution in [1.82, 2.24) is 5.43 Å². The van der Waals surface area contributed by atoms with E-state index in [1.54, 1.807) is 24.3 Å². The first kappa shape index (κ1) is 23.4. The summed E-state index contributed by atoms with van der Waals surface area (Å²) in [5.41, 5.74) is 2.56. The second-order valence-corrected chi connectivity index (χ2v) is 7.96. The lowest BCUT2D eigenvalue weighted by Crippen LogP contribution is -2.17. The second kappa shape index (κ2) is 10.4. The highest BCUT2D eigenvalue weighted by Crippen LogP contribution is 2.26. The quantitative estimate of drug-likeness (QED) is 0.144. The SMILES string of the molecule is O=C(N/N=C/c1cc([N+](=O)[O-])ccc1OC(=O)c1ccc(Cl)cc1Cl)c1ccc(Br)cc1. The average molecular weight is 537 g/mol. The molecule has 11 heteroatoms. The molecule has 0 aliphatic carbocycles. The van der Waals surface area contributed by atoms with Crippen molar-refractivity contribution in [2.24, 2.45) is 5.10 Å². The Hall–Kier alpha value is -3.27. The second-order valence-electron chi connectivity index (χ2n) is 6.20. The number of nitro benzene ring substituents is 1. The van der Waals surface area contributed by atoms with E-state index in [-0.39, 0.29) is 27.6 Å². The molecule has 0 atom stereocenters. The Balaban J connectivity index is 1.83. The minimum atomic E-state index is -0.797. The first-order chi connectivity index (χ1) is 15.2. The number of nitrogens with one attached hydrogen (secondary N) is 1.